The minimum Gasteiger partial charge on any atom is -0.481 e. The van der Waals surface area contributed by atoms with Gasteiger partial charge in [0.1, 0.15) is 0 Å². The van der Waals surface area contributed by atoms with Gasteiger partial charge >= 0.3 is 5.97 Å². The van der Waals surface area contributed by atoms with Gasteiger partial charge in [0.15, 0.2) is 0 Å². The summed E-state index contributed by atoms with van der Waals surface area (Å²) in [4.78, 5) is 11.3. The number of aliphatic carboxylic acids is 1. The highest BCUT2D eigenvalue weighted by atomic mass is 16.5. The van der Waals surface area contributed by atoms with Crippen LogP contribution < -0.4 is 0 Å². The molecule has 96 valence electrons. The van der Waals surface area contributed by atoms with Gasteiger partial charge in [0.25, 0.3) is 0 Å². The summed E-state index contributed by atoms with van der Waals surface area (Å²) in [6.07, 6.45) is 9.02. The fourth-order valence-corrected chi connectivity index (χ4v) is 4.21. The van der Waals surface area contributed by atoms with Gasteiger partial charge in [-0.1, -0.05) is 6.42 Å². The second-order valence-electron chi connectivity index (χ2n) is 6.18. The van der Waals surface area contributed by atoms with Crippen LogP contribution in [0.15, 0.2) is 0 Å². The van der Waals surface area contributed by atoms with Gasteiger partial charge in [-0.15, -0.1) is 0 Å². The first-order valence-corrected chi connectivity index (χ1v) is 7.07. The van der Waals surface area contributed by atoms with Crippen molar-refractivity contribution in [2.75, 3.05) is 6.61 Å². The lowest BCUT2D eigenvalue weighted by Gasteiger charge is -2.49. The first-order chi connectivity index (χ1) is 8.20. The van der Waals surface area contributed by atoms with Gasteiger partial charge in [0, 0.05) is 6.61 Å². The Morgan fingerprint density at radius 1 is 1.18 bits per heavy atom. The van der Waals surface area contributed by atoms with E-state index in [1.807, 2.05) is 0 Å². The summed E-state index contributed by atoms with van der Waals surface area (Å²) in [5.74, 6) is 0.387. The molecule has 3 rings (SSSR count). The molecule has 0 bridgehead atoms. The van der Waals surface area contributed by atoms with Crippen molar-refractivity contribution in [1.82, 2.24) is 0 Å². The Hall–Kier alpha value is -0.570. The van der Waals surface area contributed by atoms with E-state index in [1.54, 1.807) is 0 Å². The quantitative estimate of drug-likeness (QED) is 0.804. The molecule has 1 saturated heterocycles. The third kappa shape index (κ3) is 1.99. The minimum absolute atomic E-state index is 0.0739. The molecule has 1 N–H and O–H groups in total. The predicted octanol–water partition coefficient (Wildman–Crippen LogP) is 2.84. The molecule has 0 amide bonds. The van der Waals surface area contributed by atoms with E-state index in [4.69, 9.17) is 4.74 Å². The molecule has 0 aromatic heterocycles. The lowest BCUT2D eigenvalue weighted by Crippen LogP contribution is -2.47. The van der Waals surface area contributed by atoms with E-state index in [9.17, 15) is 9.90 Å². The number of carbonyl (C=O) groups is 1. The van der Waals surface area contributed by atoms with Gasteiger partial charge in [0.05, 0.1) is 11.5 Å². The molecule has 17 heavy (non-hydrogen) atoms. The van der Waals surface area contributed by atoms with Crippen LogP contribution in [0.25, 0.3) is 0 Å². The van der Waals surface area contributed by atoms with Crippen LogP contribution in [0.5, 0.6) is 0 Å². The molecular weight excluding hydrogens is 216 g/mol. The minimum atomic E-state index is -0.568. The van der Waals surface area contributed by atoms with Crippen LogP contribution in [-0.2, 0) is 9.53 Å². The number of hydrogen-bond donors (Lipinski definition) is 1. The van der Waals surface area contributed by atoms with Crippen LogP contribution >= 0.6 is 0 Å². The number of rotatable bonds is 2. The summed E-state index contributed by atoms with van der Waals surface area (Å²) < 4.78 is 5.94. The first kappa shape index (κ1) is 11.5. The average molecular weight is 238 g/mol. The fourth-order valence-electron chi connectivity index (χ4n) is 4.21. The maximum absolute atomic E-state index is 11.3. The maximum Gasteiger partial charge on any atom is 0.306 e. The molecule has 3 unspecified atom stereocenters. The topological polar surface area (TPSA) is 46.5 Å². The van der Waals surface area contributed by atoms with Gasteiger partial charge in [-0.05, 0) is 56.8 Å². The molecule has 3 fully saturated rings. The Labute approximate surface area is 103 Å². The largest absolute Gasteiger partial charge is 0.481 e. The van der Waals surface area contributed by atoms with E-state index >= 15 is 0 Å². The van der Waals surface area contributed by atoms with Crippen molar-refractivity contribution in [2.24, 2.45) is 17.8 Å². The highest BCUT2D eigenvalue weighted by molar-refractivity contribution is 5.70. The number of hydrogen-bond acceptors (Lipinski definition) is 2. The highest BCUT2D eigenvalue weighted by Crippen LogP contribution is 2.49. The van der Waals surface area contributed by atoms with Crippen molar-refractivity contribution >= 4 is 5.97 Å². The third-order valence-electron chi connectivity index (χ3n) is 5.29. The molecule has 0 aromatic carbocycles. The molecule has 1 aliphatic heterocycles. The molecule has 1 spiro atoms. The molecule has 2 saturated carbocycles. The first-order valence-electron chi connectivity index (χ1n) is 7.07. The molecule has 3 heteroatoms. The van der Waals surface area contributed by atoms with Crippen LogP contribution in [0.1, 0.15) is 51.4 Å². The Kier molecular flexibility index (Phi) is 2.89. The highest BCUT2D eigenvalue weighted by Gasteiger charge is 2.47. The lowest BCUT2D eigenvalue weighted by atomic mass is 9.67. The summed E-state index contributed by atoms with van der Waals surface area (Å²) in [5, 5.41) is 9.28. The van der Waals surface area contributed by atoms with Crippen molar-refractivity contribution in [2.45, 2.75) is 57.0 Å². The monoisotopic (exact) mass is 238 g/mol. The molecule has 2 aliphatic carbocycles. The van der Waals surface area contributed by atoms with Gasteiger partial charge in [-0.2, -0.15) is 0 Å². The normalized spacial score (nSPS) is 40.1. The van der Waals surface area contributed by atoms with Crippen LogP contribution in [0, 0.1) is 17.8 Å². The number of carboxylic acid groups (broad SMARTS) is 1. The SMILES string of the molecule is O=C(O)C1CCCC1C1CCOC2(CCC2)C1. The van der Waals surface area contributed by atoms with Crippen LogP contribution in [0.2, 0.25) is 0 Å². The van der Waals surface area contributed by atoms with E-state index < -0.39 is 5.97 Å². The zero-order valence-corrected chi connectivity index (χ0v) is 10.4. The van der Waals surface area contributed by atoms with Gasteiger partial charge < -0.3 is 9.84 Å². The van der Waals surface area contributed by atoms with Crippen molar-refractivity contribution < 1.29 is 14.6 Å². The second-order valence-corrected chi connectivity index (χ2v) is 6.18. The van der Waals surface area contributed by atoms with Crippen molar-refractivity contribution in [3.8, 4) is 0 Å². The van der Waals surface area contributed by atoms with Gasteiger partial charge in [-0.3, -0.25) is 4.79 Å². The Balaban J connectivity index is 1.68. The molecule has 0 radical (unpaired) electrons. The van der Waals surface area contributed by atoms with E-state index in [0.29, 0.717) is 11.8 Å². The van der Waals surface area contributed by atoms with Crippen molar-refractivity contribution in [1.29, 1.82) is 0 Å². The molecule has 0 aromatic rings. The standard InChI is InChI=1S/C14H22O3/c15-13(16)12-4-1-3-11(12)10-5-8-17-14(9-10)6-2-7-14/h10-12H,1-9H2,(H,15,16). The van der Waals surface area contributed by atoms with Crippen LogP contribution in [0.4, 0.5) is 0 Å². The second kappa shape index (κ2) is 4.27. The number of carboxylic acids is 1. The summed E-state index contributed by atoms with van der Waals surface area (Å²) in [5.41, 5.74) is 0.161. The van der Waals surface area contributed by atoms with E-state index in [1.165, 1.54) is 19.3 Å². The predicted molar refractivity (Wildman–Crippen MR) is 63.7 cm³/mol. The van der Waals surface area contributed by atoms with Gasteiger partial charge in [-0.25, -0.2) is 0 Å². The molecule has 3 nitrogen and oxygen atoms in total. The Morgan fingerprint density at radius 2 is 2.00 bits per heavy atom. The van der Waals surface area contributed by atoms with Crippen LogP contribution in [0.3, 0.4) is 0 Å². The van der Waals surface area contributed by atoms with Crippen molar-refractivity contribution in [3.05, 3.63) is 0 Å². The summed E-state index contributed by atoms with van der Waals surface area (Å²) in [6, 6.07) is 0. The Morgan fingerprint density at radius 3 is 2.65 bits per heavy atom. The average Bonchev–Trinajstić information content (AvgIpc) is 2.76. The summed E-state index contributed by atoms with van der Waals surface area (Å²) >= 11 is 0. The zero-order chi connectivity index (χ0) is 11.9. The summed E-state index contributed by atoms with van der Waals surface area (Å²) in [6.45, 7) is 0.855. The molecule has 3 atom stereocenters. The van der Waals surface area contributed by atoms with Gasteiger partial charge in [0.2, 0.25) is 0 Å². The molecular formula is C14H22O3. The molecule has 3 aliphatic rings. The third-order valence-corrected chi connectivity index (χ3v) is 5.29. The van der Waals surface area contributed by atoms with Crippen molar-refractivity contribution in [3.63, 3.8) is 0 Å². The zero-order valence-electron chi connectivity index (χ0n) is 10.4. The smallest absolute Gasteiger partial charge is 0.306 e. The lowest BCUT2D eigenvalue weighted by molar-refractivity contribution is -0.158. The molecule has 1 heterocycles. The van der Waals surface area contributed by atoms with E-state index in [0.717, 1.165) is 38.7 Å². The van der Waals surface area contributed by atoms with E-state index in [2.05, 4.69) is 0 Å². The number of ether oxygens (including phenoxy) is 1. The summed E-state index contributed by atoms with van der Waals surface area (Å²) in [7, 11) is 0. The Bertz CT molecular complexity index is 309. The fraction of sp³-hybridized carbons (Fsp3) is 0.929. The van der Waals surface area contributed by atoms with Crippen LogP contribution in [-0.4, -0.2) is 23.3 Å². The van der Waals surface area contributed by atoms with E-state index in [-0.39, 0.29) is 11.5 Å². The maximum atomic E-state index is 11.3.